The molecule has 4 heteroatoms. The number of benzene rings is 1. The summed E-state index contributed by atoms with van der Waals surface area (Å²) in [6.07, 6.45) is 0. The minimum absolute atomic E-state index is 0.0856. The zero-order valence-electron chi connectivity index (χ0n) is 4.77. The smallest absolute Gasteiger partial charge is 0.142 e. The van der Waals surface area contributed by atoms with Gasteiger partial charge < -0.3 is 0 Å². The molecule has 0 heterocycles. The second-order valence-electron chi connectivity index (χ2n) is 1.63. The van der Waals surface area contributed by atoms with Crippen molar-refractivity contribution in [2.45, 2.75) is 4.90 Å². The average molecular weight is 197 g/mol. The van der Waals surface area contributed by atoms with Crippen LogP contribution in [-0.4, -0.2) is 0 Å². The fourth-order valence-corrected chi connectivity index (χ4v) is 1.58. The largest absolute Gasteiger partial charge is 0.205 e. The Morgan fingerprint density at radius 1 is 1.40 bits per heavy atom. The second-order valence-corrected chi connectivity index (χ2v) is 3.06. The summed E-state index contributed by atoms with van der Waals surface area (Å²) in [5.41, 5.74) is 0. The summed E-state index contributed by atoms with van der Waals surface area (Å²) < 4.78 is 12.6. The van der Waals surface area contributed by atoms with Gasteiger partial charge in [-0.15, -0.1) is 0 Å². The van der Waals surface area contributed by atoms with Crippen molar-refractivity contribution >= 4 is 33.3 Å². The molecule has 0 aliphatic rings. The van der Waals surface area contributed by atoms with Crippen LogP contribution < -0.4 is 0 Å². The first kappa shape index (κ1) is 8.18. The van der Waals surface area contributed by atoms with Gasteiger partial charge in [-0.1, -0.05) is 17.7 Å². The summed E-state index contributed by atoms with van der Waals surface area (Å²) >= 11 is 5.51. The summed E-state index contributed by atoms with van der Waals surface area (Å²) in [5, 5.41) is 0.0856. The number of hydrogen-bond acceptors (Lipinski definition) is 1. The molecule has 1 aromatic rings. The Bertz CT molecular complexity index is 239. The highest BCUT2D eigenvalue weighted by Gasteiger charge is 2.03. The van der Waals surface area contributed by atoms with Crippen molar-refractivity contribution in [2.75, 3.05) is 0 Å². The van der Waals surface area contributed by atoms with Gasteiger partial charge in [0.25, 0.3) is 0 Å². The van der Waals surface area contributed by atoms with Gasteiger partial charge in [0, 0.05) is 4.90 Å². The van der Waals surface area contributed by atoms with E-state index in [0.717, 1.165) is 11.0 Å². The van der Waals surface area contributed by atoms with Crippen LogP contribution in [0.15, 0.2) is 23.1 Å². The van der Waals surface area contributed by atoms with E-state index < -0.39 is 5.82 Å². The van der Waals surface area contributed by atoms with E-state index in [-0.39, 0.29) is 5.02 Å². The minimum atomic E-state index is -0.438. The first-order valence-electron chi connectivity index (χ1n) is 2.48. The van der Waals surface area contributed by atoms with E-state index in [1.54, 1.807) is 12.1 Å². The Balaban J connectivity index is 3.14. The van der Waals surface area contributed by atoms with Crippen LogP contribution in [0.2, 0.25) is 5.02 Å². The molecule has 0 saturated heterocycles. The Morgan fingerprint density at radius 3 is 2.60 bits per heavy atom. The van der Waals surface area contributed by atoms with Crippen LogP contribution in [0.3, 0.4) is 0 Å². The first-order chi connectivity index (χ1) is 4.75. The van der Waals surface area contributed by atoms with Crippen molar-refractivity contribution < 1.29 is 4.39 Å². The highest BCUT2D eigenvalue weighted by Crippen LogP contribution is 2.31. The maximum absolute atomic E-state index is 12.6. The number of hydrogen-bond donors (Lipinski definition) is 0. The van der Waals surface area contributed by atoms with E-state index in [2.05, 4.69) is 0 Å². The van der Waals surface area contributed by atoms with Crippen LogP contribution in [-0.2, 0) is 0 Å². The lowest BCUT2D eigenvalue weighted by Crippen LogP contribution is -1.76. The standard InChI is InChI=1S/C6H3Cl2FS/c7-6-4(9)2-1-3-5(6)10-8/h1-3H. The lowest BCUT2D eigenvalue weighted by Gasteiger charge is -1.97. The Hall–Kier alpha value is 0.0800. The highest BCUT2D eigenvalue weighted by molar-refractivity contribution is 8.21. The number of rotatable bonds is 1. The average Bonchev–Trinajstić information content (AvgIpc) is 1.95. The van der Waals surface area contributed by atoms with E-state index in [0.29, 0.717) is 4.90 Å². The van der Waals surface area contributed by atoms with Crippen molar-refractivity contribution in [1.29, 1.82) is 0 Å². The molecule has 0 saturated carbocycles. The van der Waals surface area contributed by atoms with E-state index in [9.17, 15) is 4.39 Å². The monoisotopic (exact) mass is 196 g/mol. The van der Waals surface area contributed by atoms with Gasteiger partial charge in [0.1, 0.15) is 5.82 Å². The zero-order chi connectivity index (χ0) is 7.56. The highest BCUT2D eigenvalue weighted by atomic mass is 35.7. The molecule has 0 amide bonds. The van der Waals surface area contributed by atoms with E-state index in [1.165, 1.54) is 6.07 Å². The fraction of sp³-hybridized carbons (Fsp3) is 0. The summed E-state index contributed by atoms with van der Waals surface area (Å²) in [4.78, 5) is 0.545. The quantitative estimate of drug-likeness (QED) is 0.660. The summed E-state index contributed by atoms with van der Waals surface area (Å²) in [7, 11) is 6.28. The van der Waals surface area contributed by atoms with Crippen molar-refractivity contribution in [3.8, 4) is 0 Å². The molecule has 0 aliphatic heterocycles. The van der Waals surface area contributed by atoms with Gasteiger partial charge >= 0.3 is 0 Å². The van der Waals surface area contributed by atoms with Gasteiger partial charge in [0.15, 0.2) is 0 Å². The molecular weight excluding hydrogens is 194 g/mol. The van der Waals surface area contributed by atoms with Crippen molar-refractivity contribution in [3.63, 3.8) is 0 Å². The molecule has 0 unspecified atom stereocenters. The van der Waals surface area contributed by atoms with Crippen LogP contribution >= 0.6 is 33.3 Å². The van der Waals surface area contributed by atoms with Crippen LogP contribution in [0.5, 0.6) is 0 Å². The molecule has 0 aromatic heterocycles. The molecule has 1 aromatic carbocycles. The molecule has 0 bridgehead atoms. The minimum Gasteiger partial charge on any atom is -0.205 e. The SMILES string of the molecule is Fc1cccc(SCl)c1Cl. The van der Waals surface area contributed by atoms with E-state index in [4.69, 9.17) is 22.3 Å². The maximum atomic E-state index is 12.6. The molecule has 0 atom stereocenters. The van der Waals surface area contributed by atoms with Gasteiger partial charge in [-0.25, -0.2) is 4.39 Å². The summed E-state index contributed by atoms with van der Waals surface area (Å²) in [5.74, 6) is -0.438. The lowest BCUT2D eigenvalue weighted by molar-refractivity contribution is 0.625. The van der Waals surface area contributed by atoms with Gasteiger partial charge in [-0.2, -0.15) is 0 Å². The maximum Gasteiger partial charge on any atom is 0.142 e. The van der Waals surface area contributed by atoms with Crippen LogP contribution in [0.25, 0.3) is 0 Å². The third kappa shape index (κ3) is 1.57. The molecular formula is C6H3Cl2FS. The van der Waals surface area contributed by atoms with Crippen LogP contribution in [0.4, 0.5) is 4.39 Å². The predicted molar refractivity (Wildman–Crippen MR) is 43.1 cm³/mol. The van der Waals surface area contributed by atoms with Crippen molar-refractivity contribution in [1.82, 2.24) is 0 Å². The van der Waals surface area contributed by atoms with Gasteiger partial charge in [-0.05, 0) is 33.8 Å². The Morgan fingerprint density at radius 2 is 2.10 bits per heavy atom. The van der Waals surface area contributed by atoms with E-state index in [1.807, 2.05) is 0 Å². The van der Waals surface area contributed by atoms with Gasteiger partial charge in [-0.3, -0.25) is 0 Å². The molecule has 0 radical (unpaired) electrons. The number of halogens is 3. The molecule has 10 heavy (non-hydrogen) atoms. The summed E-state index contributed by atoms with van der Waals surface area (Å²) in [6, 6.07) is 4.51. The van der Waals surface area contributed by atoms with Gasteiger partial charge in [0.05, 0.1) is 5.02 Å². The molecule has 0 nitrogen and oxygen atoms in total. The molecule has 0 spiro atoms. The first-order valence-corrected chi connectivity index (χ1v) is 4.50. The molecule has 0 fully saturated rings. The lowest BCUT2D eigenvalue weighted by atomic mass is 10.3. The van der Waals surface area contributed by atoms with Crippen LogP contribution in [0, 0.1) is 5.82 Å². The normalized spacial score (nSPS) is 9.90. The zero-order valence-corrected chi connectivity index (χ0v) is 7.10. The van der Waals surface area contributed by atoms with E-state index >= 15 is 0 Å². The van der Waals surface area contributed by atoms with Crippen molar-refractivity contribution in [3.05, 3.63) is 29.0 Å². The van der Waals surface area contributed by atoms with Crippen molar-refractivity contribution in [2.24, 2.45) is 0 Å². The predicted octanol–water partition coefficient (Wildman–Crippen LogP) is 3.73. The third-order valence-corrected chi connectivity index (χ3v) is 2.50. The second kappa shape index (κ2) is 3.46. The Labute approximate surface area is 71.8 Å². The topological polar surface area (TPSA) is 0 Å². The molecule has 0 N–H and O–H groups in total. The molecule has 0 aliphatic carbocycles. The van der Waals surface area contributed by atoms with Gasteiger partial charge in [0.2, 0.25) is 0 Å². The third-order valence-electron chi connectivity index (χ3n) is 0.999. The Kier molecular flexibility index (Phi) is 2.83. The van der Waals surface area contributed by atoms with Crippen LogP contribution in [0.1, 0.15) is 0 Å². The molecule has 54 valence electrons. The fourth-order valence-electron chi connectivity index (χ4n) is 0.544. The molecule has 1 rings (SSSR count). The summed E-state index contributed by atoms with van der Waals surface area (Å²) in [6.45, 7) is 0.